The Balaban J connectivity index is 1.85. The minimum absolute atomic E-state index is 0.0660. The van der Waals surface area contributed by atoms with Crippen LogP contribution < -0.4 is 15.1 Å². The quantitative estimate of drug-likeness (QED) is 0.927. The van der Waals surface area contributed by atoms with Gasteiger partial charge in [0.1, 0.15) is 0 Å². The molecule has 1 aliphatic rings. The average molecular weight is 304 g/mol. The van der Waals surface area contributed by atoms with Crippen molar-refractivity contribution in [2.75, 3.05) is 56.6 Å². The second-order valence-corrected chi connectivity index (χ2v) is 6.46. The Labute approximate surface area is 133 Å². The van der Waals surface area contributed by atoms with Gasteiger partial charge < -0.3 is 20.0 Å². The molecule has 1 aliphatic heterocycles. The molecule has 22 heavy (non-hydrogen) atoms. The van der Waals surface area contributed by atoms with Crippen molar-refractivity contribution in [2.24, 2.45) is 5.92 Å². The molecule has 1 N–H and O–H groups in total. The number of carbonyl (C=O) groups excluding carboxylic acids is 1. The zero-order chi connectivity index (χ0) is 16.1. The highest BCUT2D eigenvalue weighted by Crippen LogP contribution is 2.20. The SMILES string of the molecule is CC(C)CNC(=O)N1CCN(c2ccc(N(C)C)cc2)CC1. The van der Waals surface area contributed by atoms with E-state index in [2.05, 4.69) is 53.2 Å². The number of hydrogen-bond acceptors (Lipinski definition) is 3. The van der Waals surface area contributed by atoms with Crippen LogP contribution in [0.25, 0.3) is 0 Å². The zero-order valence-corrected chi connectivity index (χ0v) is 14.2. The van der Waals surface area contributed by atoms with Gasteiger partial charge in [-0.15, -0.1) is 0 Å². The van der Waals surface area contributed by atoms with E-state index in [-0.39, 0.29) is 6.03 Å². The molecule has 1 aromatic carbocycles. The molecule has 1 saturated heterocycles. The molecular formula is C17H28N4O. The summed E-state index contributed by atoms with van der Waals surface area (Å²) in [6.07, 6.45) is 0. The van der Waals surface area contributed by atoms with E-state index >= 15 is 0 Å². The fourth-order valence-electron chi connectivity index (χ4n) is 2.53. The first-order valence-corrected chi connectivity index (χ1v) is 8.02. The van der Waals surface area contributed by atoms with Gasteiger partial charge in [-0.3, -0.25) is 0 Å². The molecule has 0 bridgehead atoms. The van der Waals surface area contributed by atoms with Gasteiger partial charge in [-0.1, -0.05) is 13.8 Å². The van der Waals surface area contributed by atoms with E-state index in [0.717, 1.165) is 32.7 Å². The van der Waals surface area contributed by atoms with Gasteiger partial charge in [0.05, 0.1) is 0 Å². The number of carbonyl (C=O) groups is 1. The lowest BCUT2D eigenvalue weighted by molar-refractivity contribution is 0.193. The first-order valence-electron chi connectivity index (χ1n) is 8.02. The molecule has 0 saturated carbocycles. The molecule has 2 amide bonds. The fourth-order valence-corrected chi connectivity index (χ4v) is 2.53. The fraction of sp³-hybridized carbons (Fsp3) is 0.588. The van der Waals surface area contributed by atoms with Gasteiger partial charge in [0, 0.05) is 58.2 Å². The van der Waals surface area contributed by atoms with Crippen LogP contribution in [-0.4, -0.2) is 57.8 Å². The number of hydrogen-bond donors (Lipinski definition) is 1. The minimum Gasteiger partial charge on any atom is -0.378 e. The Morgan fingerprint density at radius 2 is 1.73 bits per heavy atom. The van der Waals surface area contributed by atoms with E-state index in [4.69, 9.17) is 0 Å². The summed E-state index contributed by atoms with van der Waals surface area (Å²) in [6.45, 7) is 8.28. The van der Waals surface area contributed by atoms with Crippen molar-refractivity contribution in [3.63, 3.8) is 0 Å². The third kappa shape index (κ3) is 4.29. The van der Waals surface area contributed by atoms with Crippen molar-refractivity contribution in [3.05, 3.63) is 24.3 Å². The predicted molar refractivity (Wildman–Crippen MR) is 92.8 cm³/mol. The van der Waals surface area contributed by atoms with Crippen molar-refractivity contribution in [1.82, 2.24) is 10.2 Å². The third-order valence-electron chi connectivity index (χ3n) is 3.96. The lowest BCUT2D eigenvalue weighted by atomic mass is 10.2. The topological polar surface area (TPSA) is 38.8 Å². The summed E-state index contributed by atoms with van der Waals surface area (Å²) in [6, 6.07) is 8.65. The zero-order valence-electron chi connectivity index (χ0n) is 14.2. The monoisotopic (exact) mass is 304 g/mol. The van der Waals surface area contributed by atoms with Gasteiger partial charge in [0.25, 0.3) is 0 Å². The van der Waals surface area contributed by atoms with Crippen LogP contribution in [0.5, 0.6) is 0 Å². The van der Waals surface area contributed by atoms with Gasteiger partial charge in [-0.25, -0.2) is 4.79 Å². The summed E-state index contributed by atoms with van der Waals surface area (Å²) >= 11 is 0. The molecule has 5 heteroatoms. The van der Waals surface area contributed by atoms with Crippen LogP contribution in [0.15, 0.2) is 24.3 Å². The Kier molecular flexibility index (Phi) is 5.52. The maximum Gasteiger partial charge on any atom is 0.317 e. The maximum absolute atomic E-state index is 12.1. The largest absolute Gasteiger partial charge is 0.378 e. The molecule has 0 aliphatic carbocycles. The average Bonchev–Trinajstić information content (AvgIpc) is 2.53. The van der Waals surface area contributed by atoms with Gasteiger partial charge in [-0.2, -0.15) is 0 Å². The van der Waals surface area contributed by atoms with Gasteiger partial charge in [-0.05, 0) is 30.2 Å². The van der Waals surface area contributed by atoms with Gasteiger partial charge in [0.15, 0.2) is 0 Å². The lowest BCUT2D eigenvalue weighted by Gasteiger charge is -2.36. The standard InChI is InChI=1S/C17H28N4O/c1-14(2)13-18-17(22)21-11-9-20(10-12-21)16-7-5-15(6-8-16)19(3)4/h5-8,14H,9-13H2,1-4H3,(H,18,22). The Hall–Kier alpha value is -1.91. The minimum atomic E-state index is 0.0660. The summed E-state index contributed by atoms with van der Waals surface area (Å²) in [4.78, 5) is 18.4. The summed E-state index contributed by atoms with van der Waals surface area (Å²) in [5.41, 5.74) is 2.43. The number of nitrogens with one attached hydrogen (secondary N) is 1. The summed E-state index contributed by atoms with van der Waals surface area (Å²) < 4.78 is 0. The highest BCUT2D eigenvalue weighted by molar-refractivity contribution is 5.74. The first-order chi connectivity index (χ1) is 10.5. The number of urea groups is 1. The molecule has 0 atom stereocenters. The van der Waals surface area contributed by atoms with Crippen molar-refractivity contribution < 1.29 is 4.79 Å². The normalized spacial score (nSPS) is 15.1. The molecule has 0 aromatic heterocycles. The van der Waals surface area contributed by atoms with Gasteiger partial charge >= 0.3 is 6.03 Å². The van der Waals surface area contributed by atoms with Crippen molar-refractivity contribution in [1.29, 1.82) is 0 Å². The molecule has 1 fully saturated rings. The smallest absolute Gasteiger partial charge is 0.317 e. The summed E-state index contributed by atoms with van der Waals surface area (Å²) in [5, 5.41) is 2.99. The van der Waals surface area contributed by atoms with E-state index in [0.29, 0.717) is 5.92 Å². The van der Waals surface area contributed by atoms with Crippen LogP contribution in [0.3, 0.4) is 0 Å². The summed E-state index contributed by atoms with van der Waals surface area (Å²) in [5.74, 6) is 0.487. The first kappa shape index (κ1) is 16.5. The van der Waals surface area contributed by atoms with E-state index in [9.17, 15) is 4.79 Å². The van der Waals surface area contributed by atoms with E-state index < -0.39 is 0 Å². The molecule has 1 aromatic rings. The number of rotatable bonds is 4. The van der Waals surface area contributed by atoms with E-state index in [1.807, 2.05) is 19.0 Å². The molecule has 122 valence electrons. The van der Waals surface area contributed by atoms with Crippen LogP contribution in [0.2, 0.25) is 0 Å². The molecular weight excluding hydrogens is 276 g/mol. The molecule has 1 heterocycles. The molecule has 0 spiro atoms. The van der Waals surface area contributed by atoms with Crippen LogP contribution >= 0.6 is 0 Å². The van der Waals surface area contributed by atoms with Crippen molar-refractivity contribution >= 4 is 17.4 Å². The Morgan fingerprint density at radius 3 is 2.23 bits per heavy atom. The molecule has 0 unspecified atom stereocenters. The summed E-state index contributed by atoms with van der Waals surface area (Å²) in [7, 11) is 4.09. The van der Waals surface area contributed by atoms with Crippen LogP contribution in [0, 0.1) is 5.92 Å². The second kappa shape index (κ2) is 7.38. The van der Waals surface area contributed by atoms with Crippen molar-refractivity contribution in [3.8, 4) is 0 Å². The number of anilines is 2. The van der Waals surface area contributed by atoms with Crippen LogP contribution in [-0.2, 0) is 0 Å². The third-order valence-corrected chi connectivity index (χ3v) is 3.96. The highest BCUT2D eigenvalue weighted by Gasteiger charge is 2.21. The predicted octanol–water partition coefficient (Wildman–Crippen LogP) is 2.24. The number of amides is 2. The van der Waals surface area contributed by atoms with Crippen LogP contribution in [0.1, 0.15) is 13.8 Å². The second-order valence-electron chi connectivity index (χ2n) is 6.46. The Morgan fingerprint density at radius 1 is 1.14 bits per heavy atom. The maximum atomic E-state index is 12.1. The molecule has 0 radical (unpaired) electrons. The van der Waals surface area contributed by atoms with E-state index in [1.54, 1.807) is 0 Å². The van der Waals surface area contributed by atoms with Crippen LogP contribution in [0.4, 0.5) is 16.2 Å². The number of piperazine rings is 1. The molecule has 5 nitrogen and oxygen atoms in total. The highest BCUT2D eigenvalue weighted by atomic mass is 16.2. The van der Waals surface area contributed by atoms with E-state index in [1.165, 1.54) is 11.4 Å². The van der Waals surface area contributed by atoms with Gasteiger partial charge in [0.2, 0.25) is 0 Å². The lowest BCUT2D eigenvalue weighted by Crippen LogP contribution is -2.52. The Bertz CT molecular complexity index is 476. The number of nitrogens with zero attached hydrogens (tertiary/aromatic N) is 3. The molecule has 2 rings (SSSR count). The van der Waals surface area contributed by atoms with Crippen molar-refractivity contribution in [2.45, 2.75) is 13.8 Å². The number of benzene rings is 1.